The summed E-state index contributed by atoms with van der Waals surface area (Å²) in [5.74, 6) is 0. The van der Waals surface area contributed by atoms with E-state index in [1.165, 1.54) is 14.2 Å². The van der Waals surface area contributed by atoms with Crippen molar-refractivity contribution in [2.75, 3.05) is 20.8 Å². The quantitative estimate of drug-likeness (QED) is 0.501. The number of hydrogen-bond donors (Lipinski definition) is 3. The molecule has 14 heavy (non-hydrogen) atoms. The highest BCUT2D eigenvalue weighted by Gasteiger charge is 2.44. The van der Waals surface area contributed by atoms with Crippen molar-refractivity contribution < 1.29 is 29.5 Å². The second-order valence-corrected chi connectivity index (χ2v) is 3.14. The van der Waals surface area contributed by atoms with Crippen molar-refractivity contribution in [2.45, 2.75) is 30.7 Å². The van der Waals surface area contributed by atoms with Gasteiger partial charge in [0, 0.05) is 14.2 Å². The summed E-state index contributed by atoms with van der Waals surface area (Å²) in [7, 11) is 2.78. The Bertz CT molecular complexity index is 175. The Kier molecular flexibility index (Phi) is 4.24. The fourth-order valence-corrected chi connectivity index (χ4v) is 1.58. The molecule has 0 unspecified atom stereocenters. The molecule has 1 fully saturated rings. The third-order valence-corrected chi connectivity index (χ3v) is 2.36. The largest absolute Gasteiger partial charge is 0.394 e. The number of methoxy groups -OCH3 is 2. The van der Waals surface area contributed by atoms with Crippen LogP contribution in [0.25, 0.3) is 0 Å². The summed E-state index contributed by atoms with van der Waals surface area (Å²) in [6, 6.07) is 0. The molecule has 1 saturated heterocycles. The van der Waals surface area contributed by atoms with E-state index < -0.39 is 30.7 Å². The first-order valence-corrected chi connectivity index (χ1v) is 4.33. The smallest absolute Gasteiger partial charge is 0.184 e. The molecule has 0 aliphatic carbocycles. The maximum Gasteiger partial charge on any atom is 0.184 e. The van der Waals surface area contributed by atoms with Gasteiger partial charge in [0.25, 0.3) is 0 Å². The van der Waals surface area contributed by atoms with Gasteiger partial charge in [0.15, 0.2) is 6.29 Å². The van der Waals surface area contributed by atoms with Crippen molar-refractivity contribution in [3.8, 4) is 0 Å². The molecule has 1 aliphatic rings. The molecule has 5 atom stereocenters. The van der Waals surface area contributed by atoms with Crippen molar-refractivity contribution in [3.63, 3.8) is 0 Å². The lowest BCUT2D eigenvalue weighted by Crippen LogP contribution is -2.59. The molecule has 6 nitrogen and oxygen atoms in total. The van der Waals surface area contributed by atoms with Gasteiger partial charge in [0.05, 0.1) is 6.61 Å². The summed E-state index contributed by atoms with van der Waals surface area (Å²) in [4.78, 5) is 0. The highest BCUT2D eigenvalue weighted by molar-refractivity contribution is 4.90. The van der Waals surface area contributed by atoms with Gasteiger partial charge in [0.2, 0.25) is 0 Å². The predicted octanol–water partition coefficient (Wildman–Crippen LogP) is -1.91. The Balaban J connectivity index is 2.73. The van der Waals surface area contributed by atoms with Crippen LogP contribution in [0.3, 0.4) is 0 Å². The number of ether oxygens (including phenoxy) is 3. The molecule has 0 aromatic heterocycles. The lowest BCUT2D eigenvalue weighted by Gasteiger charge is -2.40. The van der Waals surface area contributed by atoms with E-state index in [2.05, 4.69) is 0 Å². The van der Waals surface area contributed by atoms with Crippen molar-refractivity contribution in [3.05, 3.63) is 0 Å². The molecule has 0 bridgehead atoms. The number of aliphatic hydroxyl groups is 3. The van der Waals surface area contributed by atoms with Gasteiger partial charge < -0.3 is 29.5 Å². The van der Waals surface area contributed by atoms with E-state index in [0.717, 1.165) is 0 Å². The summed E-state index contributed by atoms with van der Waals surface area (Å²) in [5, 5.41) is 27.9. The average molecular weight is 208 g/mol. The molecule has 1 heterocycles. The Hall–Kier alpha value is -0.240. The molecule has 0 spiro atoms. The monoisotopic (exact) mass is 208 g/mol. The van der Waals surface area contributed by atoms with Gasteiger partial charge in [-0.2, -0.15) is 0 Å². The second-order valence-electron chi connectivity index (χ2n) is 3.14. The predicted molar refractivity (Wildman–Crippen MR) is 45.6 cm³/mol. The summed E-state index contributed by atoms with van der Waals surface area (Å²) >= 11 is 0. The van der Waals surface area contributed by atoms with Crippen LogP contribution in [0.4, 0.5) is 0 Å². The highest BCUT2D eigenvalue weighted by atomic mass is 16.7. The van der Waals surface area contributed by atoms with Gasteiger partial charge in [0.1, 0.15) is 24.4 Å². The van der Waals surface area contributed by atoms with Crippen LogP contribution < -0.4 is 0 Å². The number of hydrogen-bond acceptors (Lipinski definition) is 6. The van der Waals surface area contributed by atoms with Crippen LogP contribution in [-0.2, 0) is 14.2 Å². The standard InChI is InChI=1S/C8H16O6/c1-12-6-5(10)4(3-9)14-8(11)7(6)13-2/h4-11H,3H2,1-2H3/t4-,5-,6+,7-,8-/m0/s1. The van der Waals surface area contributed by atoms with E-state index in [1.807, 2.05) is 0 Å². The Morgan fingerprint density at radius 3 is 2.14 bits per heavy atom. The first-order valence-electron chi connectivity index (χ1n) is 4.33. The number of rotatable bonds is 3. The fraction of sp³-hybridized carbons (Fsp3) is 1.00. The van der Waals surface area contributed by atoms with Crippen molar-refractivity contribution >= 4 is 0 Å². The molecule has 0 radical (unpaired) electrons. The first kappa shape index (κ1) is 11.8. The lowest BCUT2D eigenvalue weighted by molar-refractivity contribution is -0.295. The molecule has 0 aromatic rings. The van der Waals surface area contributed by atoms with Crippen LogP contribution in [0, 0.1) is 0 Å². The van der Waals surface area contributed by atoms with Gasteiger partial charge in [-0.1, -0.05) is 0 Å². The van der Waals surface area contributed by atoms with Crippen molar-refractivity contribution in [1.82, 2.24) is 0 Å². The minimum atomic E-state index is -1.20. The highest BCUT2D eigenvalue weighted by Crippen LogP contribution is 2.23. The van der Waals surface area contributed by atoms with Crippen molar-refractivity contribution in [1.29, 1.82) is 0 Å². The van der Waals surface area contributed by atoms with Crippen LogP contribution in [0.2, 0.25) is 0 Å². The SMILES string of the molecule is CO[C@@H]1[C@@H](O)[C@H](CO)O[C@H](O)[C@H]1OC. The third-order valence-electron chi connectivity index (χ3n) is 2.36. The lowest BCUT2D eigenvalue weighted by atomic mass is 9.99. The van der Waals surface area contributed by atoms with Crippen LogP contribution in [-0.4, -0.2) is 66.9 Å². The van der Waals surface area contributed by atoms with E-state index in [0.29, 0.717) is 0 Å². The average Bonchev–Trinajstić information content (AvgIpc) is 2.20. The van der Waals surface area contributed by atoms with E-state index in [9.17, 15) is 10.2 Å². The van der Waals surface area contributed by atoms with E-state index >= 15 is 0 Å². The molecule has 1 aliphatic heterocycles. The molecule has 0 saturated carbocycles. The van der Waals surface area contributed by atoms with Gasteiger partial charge in [-0.3, -0.25) is 0 Å². The molecule has 0 amide bonds. The molecular weight excluding hydrogens is 192 g/mol. The van der Waals surface area contributed by atoms with Crippen molar-refractivity contribution in [2.24, 2.45) is 0 Å². The fourth-order valence-electron chi connectivity index (χ4n) is 1.58. The molecule has 6 heteroatoms. The topological polar surface area (TPSA) is 88.4 Å². The zero-order valence-corrected chi connectivity index (χ0v) is 8.16. The second kappa shape index (κ2) is 5.01. The van der Waals surface area contributed by atoms with Crippen LogP contribution in [0.15, 0.2) is 0 Å². The minimum absolute atomic E-state index is 0.380. The Morgan fingerprint density at radius 2 is 1.71 bits per heavy atom. The zero-order valence-electron chi connectivity index (χ0n) is 8.16. The van der Waals surface area contributed by atoms with Gasteiger partial charge >= 0.3 is 0 Å². The molecule has 84 valence electrons. The Morgan fingerprint density at radius 1 is 1.14 bits per heavy atom. The first-order chi connectivity index (χ1) is 6.65. The van der Waals surface area contributed by atoms with Crippen LogP contribution >= 0.6 is 0 Å². The normalized spacial score (nSPS) is 43.9. The third kappa shape index (κ3) is 2.05. The molecule has 1 rings (SSSR count). The maximum atomic E-state index is 9.65. The van der Waals surface area contributed by atoms with Gasteiger partial charge in [-0.05, 0) is 0 Å². The molecule has 3 N–H and O–H groups in total. The van der Waals surface area contributed by atoms with Gasteiger partial charge in [-0.25, -0.2) is 0 Å². The van der Waals surface area contributed by atoms with Crippen LogP contribution in [0.5, 0.6) is 0 Å². The number of aliphatic hydroxyl groups excluding tert-OH is 3. The minimum Gasteiger partial charge on any atom is -0.394 e. The van der Waals surface area contributed by atoms with E-state index in [1.54, 1.807) is 0 Å². The summed E-state index contributed by atoms with van der Waals surface area (Å²) in [5.41, 5.74) is 0. The Labute approximate surface area is 82.0 Å². The molecule has 0 aromatic carbocycles. The summed E-state index contributed by atoms with van der Waals surface area (Å²) in [6.07, 6.45) is -4.52. The van der Waals surface area contributed by atoms with Crippen LogP contribution in [0.1, 0.15) is 0 Å². The van der Waals surface area contributed by atoms with E-state index in [4.69, 9.17) is 19.3 Å². The zero-order chi connectivity index (χ0) is 10.7. The van der Waals surface area contributed by atoms with E-state index in [-0.39, 0.29) is 6.61 Å². The maximum absolute atomic E-state index is 9.65. The molecular formula is C8H16O6. The van der Waals surface area contributed by atoms with Gasteiger partial charge in [-0.15, -0.1) is 0 Å². The summed E-state index contributed by atoms with van der Waals surface area (Å²) < 4.78 is 14.8. The summed E-state index contributed by atoms with van der Waals surface area (Å²) in [6.45, 7) is -0.380.